The Morgan fingerprint density at radius 1 is 0.596 bits per heavy atom. The summed E-state index contributed by atoms with van der Waals surface area (Å²) in [5.41, 5.74) is 4.68. The highest BCUT2D eigenvalue weighted by molar-refractivity contribution is 7.13. The number of benzene rings is 2. The smallest absolute Gasteiger partial charge is 0.273 e. The first-order valence-corrected chi connectivity index (χ1v) is 21.4. The molecule has 2 aromatic heterocycles. The van der Waals surface area contributed by atoms with Gasteiger partial charge in [-0.3, -0.25) is 14.4 Å². The predicted octanol–water partition coefficient (Wildman–Crippen LogP) is 10.00. The molecule has 4 fully saturated rings. The zero-order valence-electron chi connectivity index (χ0n) is 30.5. The van der Waals surface area contributed by atoms with E-state index in [9.17, 15) is 14.4 Å². The molecule has 2 amide bonds. The van der Waals surface area contributed by atoms with E-state index in [0.717, 1.165) is 71.0 Å². The normalized spacial score (nSPS) is 24.4. The first kappa shape index (κ1) is 35.3. The fourth-order valence-electron chi connectivity index (χ4n) is 9.86. The lowest BCUT2D eigenvalue weighted by Gasteiger charge is -2.43. The van der Waals surface area contributed by atoms with Crippen molar-refractivity contribution in [1.82, 2.24) is 19.8 Å². The second-order valence-corrected chi connectivity index (χ2v) is 17.3. The molecule has 0 bridgehead atoms. The molecule has 6 unspecified atom stereocenters. The fraction of sp³-hybridized carbons (Fsp3) is 0.512. The molecule has 2 aromatic carbocycles. The molecule has 52 heavy (non-hydrogen) atoms. The van der Waals surface area contributed by atoms with Crippen molar-refractivity contribution in [2.45, 2.75) is 115 Å². The van der Waals surface area contributed by atoms with Gasteiger partial charge in [-0.2, -0.15) is 0 Å². The van der Waals surface area contributed by atoms with E-state index in [4.69, 9.17) is 9.97 Å². The monoisotopic (exact) mass is 734 g/mol. The molecule has 4 heterocycles. The maximum absolute atomic E-state index is 14.4. The molecule has 0 radical (unpaired) electrons. The Kier molecular flexibility index (Phi) is 10.4. The van der Waals surface area contributed by atoms with Crippen LogP contribution in [0.2, 0.25) is 0 Å². The van der Waals surface area contributed by atoms with Gasteiger partial charge in [0.15, 0.2) is 0 Å². The van der Waals surface area contributed by atoms with Crippen LogP contribution in [0.5, 0.6) is 0 Å². The van der Waals surface area contributed by atoms with E-state index in [2.05, 4.69) is 9.80 Å². The number of piperidine rings is 2. The number of Topliss-reactive ketones (excluding diaryl/α,β-unsaturated/α-hetero) is 1. The first-order chi connectivity index (χ1) is 25.4. The van der Waals surface area contributed by atoms with Crippen molar-refractivity contribution in [3.05, 3.63) is 81.8 Å². The standard InChI is InChI=1S/C43H50N4O3S2/c1-27(31-17-5-7-19-33(31)40-44-35(25-51-40)42(49)46-23-11-15-29-13-3-9-21-37(29)46)39(48)28(2)32-18-6-8-20-34(32)41-45-36(26-52-41)43(50)47-24-12-16-30-14-4-10-22-38(30)47/h5-8,17-20,25-30,37-38H,3-4,9-16,21-24H2,1-2H3. The Morgan fingerprint density at radius 2 is 1.00 bits per heavy atom. The van der Waals surface area contributed by atoms with Gasteiger partial charge in [-0.15, -0.1) is 22.7 Å². The van der Waals surface area contributed by atoms with Gasteiger partial charge in [0.2, 0.25) is 0 Å². The molecule has 0 spiro atoms. The van der Waals surface area contributed by atoms with E-state index in [1.807, 2.05) is 73.1 Å². The minimum absolute atomic E-state index is 0.0482. The number of fused-ring (bicyclic) bond motifs is 2. The molecule has 272 valence electrons. The molecule has 7 nitrogen and oxygen atoms in total. The van der Waals surface area contributed by atoms with E-state index in [0.29, 0.717) is 35.3 Å². The third-order valence-electron chi connectivity index (χ3n) is 12.6. The number of aromatic nitrogens is 2. The van der Waals surface area contributed by atoms with E-state index in [1.165, 1.54) is 74.0 Å². The van der Waals surface area contributed by atoms with Crippen LogP contribution < -0.4 is 0 Å². The Hall–Kier alpha value is -3.69. The van der Waals surface area contributed by atoms with Crippen LogP contribution >= 0.6 is 22.7 Å². The average molecular weight is 735 g/mol. The highest BCUT2D eigenvalue weighted by atomic mass is 32.1. The van der Waals surface area contributed by atoms with Crippen molar-refractivity contribution >= 4 is 40.3 Å². The Morgan fingerprint density at radius 3 is 1.46 bits per heavy atom. The molecule has 2 aliphatic heterocycles. The SMILES string of the molecule is CC(C(=O)C(C)c1ccccc1-c1nc(C(=O)N2CCCC3CCCCC32)cs1)c1ccccc1-c1nc(C(=O)N2CCCC3CCCCC32)cs1. The van der Waals surface area contributed by atoms with Crippen molar-refractivity contribution in [2.24, 2.45) is 11.8 Å². The Labute approximate surface area is 315 Å². The zero-order chi connectivity index (χ0) is 35.8. The second-order valence-electron chi connectivity index (χ2n) is 15.6. The zero-order valence-corrected chi connectivity index (χ0v) is 32.1. The molecule has 6 atom stereocenters. The summed E-state index contributed by atoms with van der Waals surface area (Å²) >= 11 is 2.97. The van der Waals surface area contributed by atoms with Gasteiger partial charge < -0.3 is 9.80 Å². The lowest BCUT2D eigenvalue weighted by Crippen LogP contribution is -2.49. The van der Waals surface area contributed by atoms with E-state index in [1.54, 1.807) is 0 Å². The maximum atomic E-state index is 14.4. The second kappa shape index (κ2) is 15.3. The summed E-state index contributed by atoms with van der Waals surface area (Å²) in [6, 6.07) is 16.7. The Balaban J connectivity index is 1.00. The molecule has 2 saturated heterocycles. The molecule has 0 N–H and O–H groups in total. The van der Waals surface area contributed by atoms with Crippen molar-refractivity contribution in [1.29, 1.82) is 0 Å². The molecule has 4 aromatic rings. The number of likely N-dealkylation sites (tertiary alicyclic amines) is 2. The van der Waals surface area contributed by atoms with Gasteiger partial charge in [0.1, 0.15) is 27.2 Å². The first-order valence-electron chi connectivity index (χ1n) is 19.6. The molecule has 2 saturated carbocycles. The van der Waals surface area contributed by atoms with Crippen molar-refractivity contribution in [2.75, 3.05) is 13.1 Å². The summed E-state index contributed by atoms with van der Waals surface area (Å²) in [6.07, 6.45) is 14.2. The molecular weight excluding hydrogens is 685 g/mol. The van der Waals surface area contributed by atoms with Crippen LogP contribution in [0.25, 0.3) is 21.1 Å². The number of carbonyl (C=O) groups is 3. The van der Waals surface area contributed by atoms with E-state index < -0.39 is 11.8 Å². The third-order valence-corrected chi connectivity index (χ3v) is 14.4. The number of hydrogen-bond acceptors (Lipinski definition) is 7. The van der Waals surface area contributed by atoms with Crippen LogP contribution in [0.3, 0.4) is 0 Å². The van der Waals surface area contributed by atoms with Gasteiger partial charge in [-0.25, -0.2) is 9.97 Å². The summed E-state index contributed by atoms with van der Waals surface area (Å²) in [5, 5.41) is 5.35. The molecular formula is C43H50N4O3S2. The molecule has 8 rings (SSSR count). The van der Waals surface area contributed by atoms with Gasteiger partial charge in [0.25, 0.3) is 11.8 Å². The van der Waals surface area contributed by atoms with Crippen LogP contribution in [0.15, 0.2) is 59.3 Å². The maximum Gasteiger partial charge on any atom is 0.273 e. The molecule has 4 aliphatic rings. The van der Waals surface area contributed by atoms with Crippen LogP contribution in [0.1, 0.15) is 135 Å². The van der Waals surface area contributed by atoms with Gasteiger partial charge in [-0.1, -0.05) is 88.1 Å². The quantitative estimate of drug-likeness (QED) is 0.180. The average Bonchev–Trinajstić information content (AvgIpc) is 3.91. The van der Waals surface area contributed by atoms with Gasteiger partial charge in [0.05, 0.1) is 0 Å². The molecule has 2 aliphatic carbocycles. The third kappa shape index (κ3) is 6.79. The van der Waals surface area contributed by atoms with Crippen molar-refractivity contribution in [3.63, 3.8) is 0 Å². The lowest BCUT2D eigenvalue weighted by atomic mass is 9.78. The van der Waals surface area contributed by atoms with Crippen LogP contribution in [-0.4, -0.2) is 62.5 Å². The number of carbonyl (C=O) groups excluding carboxylic acids is 3. The van der Waals surface area contributed by atoms with Gasteiger partial charge >= 0.3 is 0 Å². The summed E-state index contributed by atoms with van der Waals surface area (Å²) < 4.78 is 0. The number of hydrogen-bond donors (Lipinski definition) is 0. The fourth-order valence-corrected chi connectivity index (χ4v) is 11.5. The van der Waals surface area contributed by atoms with Gasteiger partial charge in [0, 0.05) is 58.9 Å². The highest BCUT2D eigenvalue weighted by Gasteiger charge is 2.38. The number of ketones is 1. The number of thiazole rings is 2. The van der Waals surface area contributed by atoms with Crippen molar-refractivity contribution < 1.29 is 14.4 Å². The lowest BCUT2D eigenvalue weighted by molar-refractivity contribution is -0.121. The van der Waals surface area contributed by atoms with Crippen LogP contribution in [0, 0.1) is 11.8 Å². The summed E-state index contributed by atoms with van der Waals surface area (Å²) in [4.78, 5) is 55.9. The summed E-state index contributed by atoms with van der Waals surface area (Å²) in [7, 11) is 0. The number of amides is 2. The van der Waals surface area contributed by atoms with E-state index >= 15 is 0 Å². The topological polar surface area (TPSA) is 83.5 Å². The Bertz CT molecular complexity index is 1790. The number of rotatable bonds is 8. The van der Waals surface area contributed by atoms with Gasteiger partial charge in [-0.05, 0) is 74.3 Å². The minimum Gasteiger partial charge on any atom is -0.334 e. The highest BCUT2D eigenvalue weighted by Crippen LogP contribution is 2.40. The van der Waals surface area contributed by atoms with E-state index in [-0.39, 0.29) is 17.6 Å². The van der Waals surface area contributed by atoms with Crippen molar-refractivity contribution in [3.8, 4) is 21.1 Å². The van der Waals surface area contributed by atoms with Crippen LogP contribution in [0.4, 0.5) is 0 Å². The minimum atomic E-state index is -0.400. The summed E-state index contributed by atoms with van der Waals surface area (Å²) in [6.45, 7) is 5.58. The number of nitrogens with zero attached hydrogens (tertiary/aromatic N) is 4. The summed E-state index contributed by atoms with van der Waals surface area (Å²) in [5.74, 6) is 0.640. The largest absolute Gasteiger partial charge is 0.334 e. The van der Waals surface area contributed by atoms with Crippen LogP contribution in [-0.2, 0) is 4.79 Å². The molecule has 9 heteroatoms. The predicted molar refractivity (Wildman–Crippen MR) is 209 cm³/mol.